The molecule has 0 fully saturated rings. The van der Waals surface area contributed by atoms with E-state index in [-0.39, 0.29) is 6.67 Å². The van der Waals surface area contributed by atoms with Crippen molar-refractivity contribution in [2.75, 3.05) is 6.67 Å². The monoisotopic (exact) mass is 127 g/mol. The first-order valence-corrected chi connectivity index (χ1v) is 3.03. The van der Waals surface area contributed by atoms with E-state index >= 15 is 0 Å². The molecule has 0 aromatic heterocycles. The Balaban J connectivity index is 2.59. The Morgan fingerprint density at radius 1 is 1.44 bits per heavy atom. The van der Waals surface area contributed by atoms with Crippen LogP contribution in [0.25, 0.3) is 0 Å². The molecule has 9 heavy (non-hydrogen) atoms. The topological polar surface area (TPSA) is 26.0 Å². The highest BCUT2D eigenvalue weighted by Gasteiger charge is 2.01. The van der Waals surface area contributed by atoms with Crippen molar-refractivity contribution in [2.45, 2.75) is 12.8 Å². The molecular formula is C7H10FN. The van der Waals surface area contributed by atoms with Gasteiger partial charge in [0, 0.05) is 5.70 Å². The van der Waals surface area contributed by atoms with E-state index in [2.05, 4.69) is 0 Å². The van der Waals surface area contributed by atoms with Crippen LogP contribution in [0.5, 0.6) is 0 Å². The molecule has 0 bridgehead atoms. The van der Waals surface area contributed by atoms with Gasteiger partial charge in [0.05, 0.1) is 0 Å². The number of rotatable bonds is 1. The molecule has 0 atom stereocenters. The molecule has 2 heteroatoms. The molecule has 50 valence electrons. The Hall–Kier alpha value is -0.790. The standard InChI is InChI=1S/C7H10FN/c8-5-6-1-3-7(9)4-2-6/h1,3H,2,4-5,9H2. The molecule has 1 nitrogen and oxygen atoms in total. The Kier molecular flexibility index (Phi) is 1.88. The first kappa shape index (κ1) is 6.33. The van der Waals surface area contributed by atoms with Crippen molar-refractivity contribution in [3.05, 3.63) is 23.4 Å². The zero-order chi connectivity index (χ0) is 6.69. The Morgan fingerprint density at radius 2 is 2.22 bits per heavy atom. The fourth-order valence-electron chi connectivity index (χ4n) is 0.808. The van der Waals surface area contributed by atoms with E-state index in [9.17, 15) is 4.39 Å². The Bertz CT molecular complexity index is 158. The lowest BCUT2D eigenvalue weighted by Gasteiger charge is -2.07. The summed E-state index contributed by atoms with van der Waals surface area (Å²) >= 11 is 0. The summed E-state index contributed by atoms with van der Waals surface area (Å²) in [5.74, 6) is 0. The van der Waals surface area contributed by atoms with Crippen molar-refractivity contribution in [3.8, 4) is 0 Å². The SMILES string of the molecule is NC1=CC=C(CF)CC1. The van der Waals surface area contributed by atoms with E-state index in [0.717, 1.165) is 24.1 Å². The highest BCUT2D eigenvalue weighted by molar-refractivity contribution is 5.22. The highest BCUT2D eigenvalue weighted by Crippen LogP contribution is 2.14. The average Bonchev–Trinajstić information content (AvgIpc) is 1.90. The molecule has 0 aromatic rings. The number of alkyl halides is 1. The Labute approximate surface area is 54.0 Å². The van der Waals surface area contributed by atoms with Gasteiger partial charge in [-0.3, -0.25) is 0 Å². The number of nitrogens with two attached hydrogens (primary N) is 1. The normalized spacial score (nSPS) is 18.8. The molecule has 0 aromatic carbocycles. The molecule has 1 aliphatic rings. The van der Waals surface area contributed by atoms with Crippen molar-refractivity contribution in [3.63, 3.8) is 0 Å². The molecule has 0 spiro atoms. The molecule has 0 aliphatic heterocycles. The number of hydrogen-bond acceptors (Lipinski definition) is 1. The van der Waals surface area contributed by atoms with E-state index in [1.54, 1.807) is 12.2 Å². The largest absolute Gasteiger partial charge is 0.402 e. The number of hydrogen-bond donors (Lipinski definition) is 1. The zero-order valence-electron chi connectivity index (χ0n) is 5.23. The van der Waals surface area contributed by atoms with Gasteiger partial charge in [0.2, 0.25) is 0 Å². The molecule has 1 rings (SSSR count). The lowest BCUT2D eigenvalue weighted by Crippen LogP contribution is -2.02. The lowest BCUT2D eigenvalue weighted by atomic mass is 10.0. The van der Waals surface area contributed by atoms with Gasteiger partial charge in [0.15, 0.2) is 0 Å². The Morgan fingerprint density at radius 3 is 2.67 bits per heavy atom. The van der Waals surface area contributed by atoms with Crippen LogP contribution < -0.4 is 5.73 Å². The molecule has 0 amide bonds. The zero-order valence-corrected chi connectivity index (χ0v) is 5.23. The van der Waals surface area contributed by atoms with Crippen molar-refractivity contribution in [2.24, 2.45) is 5.73 Å². The van der Waals surface area contributed by atoms with Crippen LogP contribution in [0.1, 0.15) is 12.8 Å². The van der Waals surface area contributed by atoms with Gasteiger partial charge in [0.1, 0.15) is 6.67 Å². The minimum Gasteiger partial charge on any atom is -0.402 e. The minimum absolute atomic E-state index is 0.330. The van der Waals surface area contributed by atoms with Crippen LogP contribution in [0.2, 0.25) is 0 Å². The number of allylic oxidation sites excluding steroid dienone is 4. The first-order valence-electron chi connectivity index (χ1n) is 3.03. The van der Waals surface area contributed by atoms with Crippen LogP contribution in [-0.4, -0.2) is 6.67 Å². The second kappa shape index (κ2) is 2.67. The van der Waals surface area contributed by atoms with Gasteiger partial charge in [-0.2, -0.15) is 0 Å². The third-order valence-corrected chi connectivity index (χ3v) is 1.44. The van der Waals surface area contributed by atoms with Gasteiger partial charge in [-0.05, 0) is 24.5 Å². The second-order valence-corrected chi connectivity index (χ2v) is 2.20. The van der Waals surface area contributed by atoms with Gasteiger partial charge in [0.25, 0.3) is 0 Å². The van der Waals surface area contributed by atoms with Crippen LogP contribution >= 0.6 is 0 Å². The summed E-state index contributed by atoms with van der Waals surface area (Å²) in [5.41, 5.74) is 7.15. The molecule has 0 saturated carbocycles. The van der Waals surface area contributed by atoms with Gasteiger partial charge < -0.3 is 5.73 Å². The van der Waals surface area contributed by atoms with Crippen LogP contribution in [0.3, 0.4) is 0 Å². The van der Waals surface area contributed by atoms with Gasteiger partial charge in [-0.25, -0.2) is 4.39 Å². The fraction of sp³-hybridized carbons (Fsp3) is 0.429. The smallest absolute Gasteiger partial charge is 0.111 e. The van der Waals surface area contributed by atoms with Crippen molar-refractivity contribution >= 4 is 0 Å². The summed E-state index contributed by atoms with van der Waals surface area (Å²) < 4.78 is 11.9. The van der Waals surface area contributed by atoms with E-state index in [4.69, 9.17) is 5.73 Å². The summed E-state index contributed by atoms with van der Waals surface area (Å²) in [6.07, 6.45) is 5.14. The molecule has 0 heterocycles. The molecule has 0 radical (unpaired) electrons. The fourth-order valence-corrected chi connectivity index (χ4v) is 0.808. The summed E-state index contributed by atoms with van der Waals surface area (Å²) in [5, 5.41) is 0. The summed E-state index contributed by atoms with van der Waals surface area (Å²) in [7, 11) is 0. The third-order valence-electron chi connectivity index (χ3n) is 1.44. The summed E-state index contributed by atoms with van der Waals surface area (Å²) in [6, 6.07) is 0. The number of halogens is 1. The maximum absolute atomic E-state index is 11.9. The van der Waals surface area contributed by atoms with Gasteiger partial charge in [-0.1, -0.05) is 6.08 Å². The van der Waals surface area contributed by atoms with E-state index in [1.165, 1.54) is 0 Å². The van der Waals surface area contributed by atoms with E-state index in [0.29, 0.717) is 0 Å². The van der Waals surface area contributed by atoms with Crippen LogP contribution in [-0.2, 0) is 0 Å². The van der Waals surface area contributed by atoms with Crippen LogP contribution in [0.4, 0.5) is 4.39 Å². The third kappa shape index (κ3) is 1.56. The van der Waals surface area contributed by atoms with Crippen molar-refractivity contribution < 1.29 is 4.39 Å². The molecule has 0 saturated heterocycles. The second-order valence-electron chi connectivity index (χ2n) is 2.20. The van der Waals surface area contributed by atoms with E-state index in [1.807, 2.05) is 0 Å². The predicted octanol–water partition coefficient (Wildman–Crippen LogP) is 1.52. The van der Waals surface area contributed by atoms with Gasteiger partial charge >= 0.3 is 0 Å². The maximum Gasteiger partial charge on any atom is 0.111 e. The van der Waals surface area contributed by atoms with Crippen molar-refractivity contribution in [1.82, 2.24) is 0 Å². The summed E-state index contributed by atoms with van der Waals surface area (Å²) in [4.78, 5) is 0. The molecular weight excluding hydrogens is 117 g/mol. The van der Waals surface area contributed by atoms with E-state index < -0.39 is 0 Å². The van der Waals surface area contributed by atoms with Crippen LogP contribution in [0.15, 0.2) is 23.4 Å². The highest BCUT2D eigenvalue weighted by atomic mass is 19.1. The summed E-state index contributed by atoms with van der Waals surface area (Å²) in [6.45, 7) is -0.330. The minimum atomic E-state index is -0.330. The molecule has 0 unspecified atom stereocenters. The lowest BCUT2D eigenvalue weighted by molar-refractivity contribution is 0.529. The molecule has 2 N–H and O–H groups in total. The quantitative estimate of drug-likeness (QED) is 0.567. The molecule has 1 aliphatic carbocycles. The predicted molar refractivity (Wildman–Crippen MR) is 35.6 cm³/mol. The van der Waals surface area contributed by atoms with Crippen molar-refractivity contribution in [1.29, 1.82) is 0 Å². The van der Waals surface area contributed by atoms with Gasteiger partial charge in [-0.15, -0.1) is 0 Å². The first-order chi connectivity index (χ1) is 4.33. The average molecular weight is 127 g/mol. The van der Waals surface area contributed by atoms with Crippen LogP contribution in [0, 0.1) is 0 Å². The maximum atomic E-state index is 11.9.